The normalized spacial score (nSPS) is 19.6. The van der Waals surface area contributed by atoms with Gasteiger partial charge < -0.3 is 5.73 Å². The van der Waals surface area contributed by atoms with E-state index < -0.39 is 0 Å². The smallest absolute Gasteiger partial charge is 0.128 e. The second-order valence-corrected chi connectivity index (χ2v) is 3.28. The molecule has 0 amide bonds. The van der Waals surface area contributed by atoms with Crippen LogP contribution in [-0.4, -0.2) is 0 Å². The lowest BCUT2D eigenvalue weighted by molar-refractivity contribution is 0.612. The van der Waals surface area contributed by atoms with Crippen LogP contribution in [0.2, 0.25) is 0 Å². The second kappa shape index (κ2) is 2.82. The van der Waals surface area contributed by atoms with Gasteiger partial charge in [0.05, 0.1) is 11.6 Å². The maximum Gasteiger partial charge on any atom is 0.128 e. The van der Waals surface area contributed by atoms with Crippen LogP contribution in [0.5, 0.6) is 0 Å². The predicted octanol–water partition coefficient (Wildman–Crippen LogP) is 1.64. The molecule has 3 heteroatoms. The van der Waals surface area contributed by atoms with E-state index in [1.807, 2.05) is 6.07 Å². The molecule has 2 rings (SSSR count). The van der Waals surface area contributed by atoms with Gasteiger partial charge in [0, 0.05) is 6.04 Å². The first kappa shape index (κ1) is 8.21. The largest absolute Gasteiger partial charge is 0.324 e. The highest BCUT2D eigenvalue weighted by atomic mass is 19.1. The monoisotopic (exact) mass is 176 g/mol. The SMILES string of the molecule is N#Cc1cc(F)c2c(c1)C(N)CC2. The van der Waals surface area contributed by atoms with Gasteiger partial charge in [-0.05, 0) is 36.1 Å². The van der Waals surface area contributed by atoms with Gasteiger partial charge in [-0.2, -0.15) is 5.26 Å². The lowest BCUT2D eigenvalue weighted by Gasteiger charge is -2.05. The van der Waals surface area contributed by atoms with Crippen LogP contribution in [0.15, 0.2) is 12.1 Å². The summed E-state index contributed by atoms with van der Waals surface area (Å²) in [5, 5.41) is 8.62. The fourth-order valence-corrected chi connectivity index (χ4v) is 1.77. The highest BCUT2D eigenvalue weighted by Crippen LogP contribution is 2.31. The van der Waals surface area contributed by atoms with E-state index in [-0.39, 0.29) is 11.9 Å². The van der Waals surface area contributed by atoms with E-state index >= 15 is 0 Å². The number of nitrogens with two attached hydrogens (primary N) is 1. The lowest BCUT2D eigenvalue weighted by Crippen LogP contribution is -2.05. The van der Waals surface area contributed by atoms with E-state index in [9.17, 15) is 4.39 Å². The van der Waals surface area contributed by atoms with Crippen molar-refractivity contribution in [3.63, 3.8) is 0 Å². The standard InChI is InChI=1S/C10H9FN2/c11-9-4-6(5-12)3-8-7(9)1-2-10(8)13/h3-4,10H,1-2,13H2. The van der Waals surface area contributed by atoms with Crippen molar-refractivity contribution in [2.24, 2.45) is 5.73 Å². The van der Waals surface area contributed by atoms with Crippen LogP contribution in [0.4, 0.5) is 4.39 Å². The van der Waals surface area contributed by atoms with E-state index in [0.29, 0.717) is 17.5 Å². The van der Waals surface area contributed by atoms with Crippen molar-refractivity contribution in [1.29, 1.82) is 5.26 Å². The molecule has 1 atom stereocenters. The first-order valence-electron chi connectivity index (χ1n) is 4.20. The summed E-state index contributed by atoms with van der Waals surface area (Å²) in [7, 11) is 0. The molecule has 1 aromatic carbocycles. The summed E-state index contributed by atoms with van der Waals surface area (Å²) in [6.45, 7) is 0. The summed E-state index contributed by atoms with van der Waals surface area (Å²) in [6.07, 6.45) is 1.47. The average Bonchev–Trinajstić information content (AvgIpc) is 2.48. The highest BCUT2D eigenvalue weighted by molar-refractivity contribution is 5.43. The number of fused-ring (bicyclic) bond motifs is 1. The Bertz CT molecular complexity index is 393. The Morgan fingerprint density at radius 3 is 3.00 bits per heavy atom. The highest BCUT2D eigenvalue weighted by Gasteiger charge is 2.22. The van der Waals surface area contributed by atoms with Gasteiger partial charge in [0.15, 0.2) is 0 Å². The lowest BCUT2D eigenvalue weighted by atomic mass is 10.0. The molecule has 0 aliphatic heterocycles. The van der Waals surface area contributed by atoms with Crippen molar-refractivity contribution in [1.82, 2.24) is 0 Å². The first-order valence-corrected chi connectivity index (χ1v) is 4.20. The van der Waals surface area contributed by atoms with Crippen LogP contribution < -0.4 is 5.73 Å². The zero-order valence-electron chi connectivity index (χ0n) is 7.05. The number of hydrogen-bond donors (Lipinski definition) is 1. The second-order valence-electron chi connectivity index (χ2n) is 3.28. The number of hydrogen-bond acceptors (Lipinski definition) is 2. The van der Waals surface area contributed by atoms with Crippen molar-refractivity contribution in [3.05, 3.63) is 34.6 Å². The quantitative estimate of drug-likeness (QED) is 0.653. The van der Waals surface area contributed by atoms with Gasteiger partial charge in [-0.15, -0.1) is 0 Å². The molecule has 13 heavy (non-hydrogen) atoms. The molecule has 0 bridgehead atoms. The molecule has 0 spiro atoms. The molecule has 2 N–H and O–H groups in total. The van der Waals surface area contributed by atoms with Gasteiger partial charge >= 0.3 is 0 Å². The molecule has 1 aromatic rings. The summed E-state index contributed by atoms with van der Waals surface area (Å²) in [5.74, 6) is -0.290. The molecule has 0 radical (unpaired) electrons. The minimum Gasteiger partial charge on any atom is -0.324 e. The molecular weight excluding hydrogens is 167 g/mol. The average molecular weight is 176 g/mol. The summed E-state index contributed by atoms with van der Waals surface area (Å²) < 4.78 is 13.3. The van der Waals surface area contributed by atoms with Crippen LogP contribution in [0.25, 0.3) is 0 Å². The van der Waals surface area contributed by atoms with E-state index in [1.54, 1.807) is 6.07 Å². The van der Waals surface area contributed by atoms with Crippen molar-refractivity contribution in [2.45, 2.75) is 18.9 Å². The third-order valence-electron chi connectivity index (χ3n) is 2.46. The van der Waals surface area contributed by atoms with Crippen molar-refractivity contribution in [3.8, 4) is 6.07 Å². The predicted molar refractivity (Wildman–Crippen MR) is 46.4 cm³/mol. The molecule has 0 saturated heterocycles. The maximum absolute atomic E-state index is 13.3. The van der Waals surface area contributed by atoms with Crippen LogP contribution >= 0.6 is 0 Å². The van der Waals surface area contributed by atoms with E-state index in [4.69, 9.17) is 11.0 Å². The van der Waals surface area contributed by atoms with Gasteiger partial charge in [-0.3, -0.25) is 0 Å². The fraction of sp³-hybridized carbons (Fsp3) is 0.300. The Labute approximate surface area is 75.8 Å². The van der Waals surface area contributed by atoms with Crippen LogP contribution in [0.1, 0.15) is 29.2 Å². The number of halogens is 1. The van der Waals surface area contributed by atoms with Gasteiger partial charge in [-0.1, -0.05) is 0 Å². The van der Waals surface area contributed by atoms with E-state index in [2.05, 4.69) is 0 Å². The van der Waals surface area contributed by atoms with Crippen molar-refractivity contribution >= 4 is 0 Å². The molecule has 0 aromatic heterocycles. The Kier molecular flexibility index (Phi) is 1.78. The number of nitrogens with zero attached hydrogens (tertiary/aromatic N) is 1. The van der Waals surface area contributed by atoms with Gasteiger partial charge in [0.25, 0.3) is 0 Å². The first-order chi connectivity index (χ1) is 6.22. The summed E-state index contributed by atoms with van der Waals surface area (Å²) in [5.41, 5.74) is 7.61. The van der Waals surface area contributed by atoms with E-state index in [1.165, 1.54) is 6.07 Å². The molecule has 2 nitrogen and oxygen atoms in total. The third kappa shape index (κ3) is 1.20. The summed E-state index contributed by atoms with van der Waals surface area (Å²) >= 11 is 0. The molecular formula is C10H9FN2. The van der Waals surface area contributed by atoms with Gasteiger partial charge in [-0.25, -0.2) is 4.39 Å². The van der Waals surface area contributed by atoms with Crippen LogP contribution in [0.3, 0.4) is 0 Å². The van der Waals surface area contributed by atoms with Gasteiger partial charge in [0.1, 0.15) is 5.82 Å². The Hall–Kier alpha value is -1.40. The maximum atomic E-state index is 13.3. The molecule has 1 aliphatic carbocycles. The minimum absolute atomic E-state index is 0.0993. The van der Waals surface area contributed by atoms with Crippen LogP contribution in [-0.2, 0) is 6.42 Å². The van der Waals surface area contributed by atoms with Crippen LogP contribution in [0, 0.1) is 17.1 Å². The molecule has 66 valence electrons. The van der Waals surface area contributed by atoms with Crippen molar-refractivity contribution < 1.29 is 4.39 Å². The molecule has 1 unspecified atom stereocenters. The summed E-state index contributed by atoms with van der Waals surface area (Å²) in [6, 6.07) is 4.79. The Balaban J connectivity index is 2.61. The topological polar surface area (TPSA) is 49.8 Å². The minimum atomic E-state index is -0.290. The number of benzene rings is 1. The number of nitriles is 1. The van der Waals surface area contributed by atoms with Crippen molar-refractivity contribution in [2.75, 3.05) is 0 Å². The zero-order valence-corrected chi connectivity index (χ0v) is 7.05. The van der Waals surface area contributed by atoms with E-state index in [0.717, 1.165) is 12.0 Å². The summed E-state index contributed by atoms with van der Waals surface area (Å²) in [4.78, 5) is 0. The number of rotatable bonds is 0. The third-order valence-corrected chi connectivity index (χ3v) is 2.46. The fourth-order valence-electron chi connectivity index (χ4n) is 1.77. The zero-order chi connectivity index (χ0) is 9.42. The Morgan fingerprint density at radius 1 is 1.54 bits per heavy atom. The van der Waals surface area contributed by atoms with Gasteiger partial charge in [0.2, 0.25) is 0 Å². The Morgan fingerprint density at radius 2 is 2.31 bits per heavy atom. The molecule has 0 heterocycles. The molecule has 0 saturated carbocycles. The molecule has 0 fully saturated rings. The molecule has 1 aliphatic rings.